The molecule has 1 aliphatic rings. The van der Waals surface area contributed by atoms with Crippen molar-refractivity contribution >= 4 is 51.9 Å². The van der Waals surface area contributed by atoms with E-state index in [-0.39, 0.29) is 11.5 Å². The molecular formula is C19H14NO4S2-. The third-order valence-corrected chi connectivity index (χ3v) is 5.22. The predicted octanol–water partition coefficient (Wildman–Crippen LogP) is 2.77. The van der Waals surface area contributed by atoms with Gasteiger partial charge >= 0.3 is 0 Å². The third kappa shape index (κ3) is 3.36. The first kappa shape index (κ1) is 18.2. The summed E-state index contributed by atoms with van der Waals surface area (Å²) < 4.78 is 5.64. The highest BCUT2D eigenvalue weighted by molar-refractivity contribution is 8.27. The summed E-state index contributed by atoms with van der Waals surface area (Å²) in [7, 11) is 1.56. The van der Waals surface area contributed by atoms with Crippen molar-refractivity contribution in [3.05, 3.63) is 64.1 Å². The SMILES string of the molecule is COc1ccccc1/C=C1\SC(=S)N(c2ccc(C)c(C(=O)[O-])c2)C1=O. The minimum atomic E-state index is -1.29. The van der Waals surface area contributed by atoms with Gasteiger partial charge in [-0.25, -0.2) is 0 Å². The predicted molar refractivity (Wildman–Crippen MR) is 104 cm³/mol. The number of para-hydroxylation sites is 1. The summed E-state index contributed by atoms with van der Waals surface area (Å²) in [4.78, 5) is 25.8. The molecule has 0 unspecified atom stereocenters. The maximum Gasteiger partial charge on any atom is 0.270 e. The van der Waals surface area contributed by atoms with Crippen LogP contribution in [0.4, 0.5) is 5.69 Å². The van der Waals surface area contributed by atoms with E-state index < -0.39 is 5.97 Å². The molecule has 3 rings (SSSR count). The molecule has 1 fully saturated rings. The molecule has 26 heavy (non-hydrogen) atoms. The number of ether oxygens (including phenoxy) is 1. The molecule has 132 valence electrons. The number of hydrogen-bond donors (Lipinski definition) is 0. The van der Waals surface area contributed by atoms with Crippen molar-refractivity contribution in [2.75, 3.05) is 12.0 Å². The molecule has 0 aromatic heterocycles. The molecule has 0 atom stereocenters. The number of carboxylic acid groups (broad SMARTS) is 1. The zero-order valence-corrected chi connectivity index (χ0v) is 15.6. The number of thioether (sulfide) groups is 1. The van der Waals surface area contributed by atoms with Crippen LogP contribution in [0.5, 0.6) is 5.75 Å². The van der Waals surface area contributed by atoms with Gasteiger partial charge in [0.1, 0.15) is 5.75 Å². The Labute approximate surface area is 160 Å². The van der Waals surface area contributed by atoms with Gasteiger partial charge in [-0.2, -0.15) is 0 Å². The van der Waals surface area contributed by atoms with E-state index in [2.05, 4.69) is 0 Å². The molecule has 0 N–H and O–H groups in total. The summed E-state index contributed by atoms with van der Waals surface area (Å²) in [5, 5.41) is 11.3. The quantitative estimate of drug-likeness (QED) is 0.596. The van der Waals surface area contributed by atoms with Crippen LogP contribution in [0.15, 0.2) is 47.4 Å². The summed E-state index contributed by atoms with van der Waals surface area (Å²) in [5.41, 5.74) is 1.75. The number of benzene rings is 2. The molecular weight excluding hydrogens is 370 g/mol. The summed E-state index contributed by atoms with van der Waals surface area (Å²) >= 11 is 6.49. The Hall–Kier alpha value is -2.64. The summed E-state index contributed by atoms with van der Waals surface area (Å²) in [5.74, 6) is -0.953. The highest BCUT2D eigenvalue weighted by Gasteiger charge is 2.33. The van der Waals surface area contributed by atoms with Crippen LogP contribution < -0.4 is 14.7 Å². The lowest BCUT2D eigenvalue weighted by molar-refractivity contribution is -0.255. The van der Waals surface area contributed by atoms with Gasteiger partial charge < -0.3 is 14.6 Å². The number of anilines is 1. The molecule has 1 amide bonds. The lowest BCUT2D eigenvalue weighted by Crippen LogP contribution is -2.29. The summed E-state index contributed by atoms with van der Waals surface area (Å²) in [6.07, 6.45) is 1.71. The van der Waals surface area contributed by atoms with Crippen molar-refractivity contribution in [3.8, 4) is 5.75 Å². The molecule has 2 aromatic carbocycles. The maximum absolute atomic E-state index is 12.8. The fourth-order valence-corrected chi connectivity index (χ4v) is 3.88. The van der Waals surface area contributed by atoms with E-state index in [1.165, 1.54) is 11.0 Å². The molecule has 1 heterocycles. The second-order valence-electron chi connectivity index (χ2n) is 5.55. The first-order valence-corrected chi connectivity index (χ1v) is 8.88. The van der Waals surface area contributed by atoms with Crippen molar-refractivity contribution in [1.29, 1.82) is 0 Å². The van der Waals surface area contributed by atoms with E-state index >= 15 is 0 Å². The topological polar surface area (TPSA) is 69.7 Å². The second-order valence-corrected chi connectivity index (χ2v) is 7.22. The Kier molecular flexibility index (Phi) is 5.11. The number of hydrogen-bond acceptors (Lipinski definition) is 6. The number of thiocarbonyl (C=S) groups is 1. The van der Waals surface area contributed by atoms with Gasteiger partial charge in [-0.05, 0) is 36.8 Å². The Bertz CT molecular complexity index is 952. The zero-order chi connectivity index (χ0) is 18.8. The van der Waals surface area contributed by atoms with Gasteiger partial charge in [0.2, 0.25) is 0 Å². The normalized spacial score (nSPS) is 15.6. The van der Waals surface area contributed by atoms with Crippen LogP contribution in [-0.4, -0.2) is 23.3 Å². The van der Waals surface area contributed by atoms with Gasteiger partial charge in [-0.3, -0.25) is 9.69 Å². The van der Waals surface area contributed by atoms with Crippen LogP contribution in [0.3, 0.4) is 0 Å². The van der Waals surface area contributed by atoms with Crippen molar-refractivity contribution in [2.24, 2.45) is 0 Å². The Morgan fingerprint density at radius 1 is 1.27 bits per heavy atom. The molecule has 1 aliphatic heterocycles. The highest BCUT2D eigenvalue weighted by Crippen LogP contribution is 2.37. The van der Waals surface area contributed by atoms with Crippen LogP contribution in [0.1, 0.15) is 21.5 Å². The smallest absolute Gasteiger partial charge is 0.270 e. The van der Waals surface area contributed by atoms with Crippen LogP contribution in [-0.2, 0) is 4.79 Å². The van der Waals surface area contributed by atoms with E-state index in [1.54, 1.807) is 38.3 Å². The Morgan fingerprint density at radius 3 is 2.69 bits per heavy atom. The summed E-state index contributed by atoms with van der Waals surface area (Å²) in [6, 6.07) is 12.0. The summed E-state index contributed by atoms with van der Waals surface area (Å²) in [6.45, 7) is 1.67. The van der Waals surface area contributed by atoms with Crippen molar-refractivity contribution in [2.45, 2.75) is 6.92 Å². The number of aromatic carboxylic acids is 1. The van der Waals surface area contributed by atoms with E-state index in [1.807, 2.05) is 18.2 Å². The van der Waals surface area contributed by atoms with Gasteiger partial charge in [0.15, 0.2) is 4.32 Å². The highest BCUT2D eigenvalue weighted by atomic mass is 32.2. The molecule has 2 aromatic rings. The molecule has 0 aliphatic carbocycles. The monoisotopic (exact) mass is 384 g/mol. The van der Waals surface area contributed by atoms with Crippen LogP contribution in [0.2, 0.25) is 0 Å². The molecule has 0 spiro atoms. The van der Waals surface area contributed by atoms with E-state index in [9.17, 15) is 14.7 Å². The lowest BCUT2D eigenvalue weighted by Gasteiger charge is -2.17. The fraction of sp³-hybridized carbons (Fsp3) is 0.105. The second kappa shape index (κ2) is 7.31. The maximum atomic E-state index is 12.8. The van der Waals surface area contributed by atoms with Crippen molar-refractivity contribution < 1.29 is 19.4 Å². The Balaban J connectivity index is 1.99. The zero-order valence-electron chi connectivity index (χ0n) is 14.0. The number of methoxy groups -OCH3 is 1. The number of aryl methyl sites for hydroxylation is 1. The molecule has 7 heteroatoms. The lowest BCUT2D eigenvalue weighted by atomic mass is 10.1. The molecule has 0 bridgehead atoms. The van der Waals surface area contributed by atoms with Gasteiger partial charge in [0, 0.05) is 11.1 Å². The number of carboxylic acids is 1. The minimum Gasteiger partial charge on any atom is -0.545 e. The van der Waals surface area contributed by atoms with E-state index in [4.69, 9.17) is 17.0 Å². The van der Waals surface area contributed by atoms with E-state index in [0.717, 1.165) is 17.3 Å². The average Bonchev–Trinajstić information content (AvgIpc) is 2.89. The van der Waals surface area contributed by atoms with Gasteiger partial charge in [-0.1, -0.05) is 48.2 Å². The first-order valence-electron chi connectivity index (χ1n) is 7.65. The standard InChI is InChI=1S/C19H15NO4S2/c1-11-7-8-13(10-14(11)18(22)23)20-17(21)16(26-19(20)25)9-12-5-3-4-6-15(12)24-2/h3-10H,1-2H3,(H,22,23)/p-1/b16-9-. The van der Waals surface area contributed by atoms with Gasteiger partial charge in [0.05, 0.1) is 23.7 Å². The number of carbonyl (C=O) groups excluding carboxylic acids is 2. The number of amides is 1. The average molecular weight is 384 g/mol. The molecule has 0 radical (unpaired) electrons. The molecule has 1 saturated heterocycles. The van der Waals surface area contributed by atoms with Gasteiger partial charge in [-0.15, -0.1) is 0 Å². The van der Waals surface area contributed by atoms with Crippen molar-refractivity contribution in [3.63, 3.8) is 0 Å². The number of rotatable bonds is 4. The van der Waals surface area contributed by atoms with Crippen LogP contribution in [0, 0.1) is 6.92 Å². The number of carbonyl (C=O) groups is 2. The first-order chi connectivity index (χ1) is 12.4. The molecule has 0 saturated carbocycles. The van der Waals surface area contributed by atoms with Crippen LogP contribution >= 0.6 is 24.0 Å². The molecule has 5 nitrogen and oxygen atoms in total. The Morgan fingerprint density at radius 2 is 2.00 bits per heavy atom. The third-order valence-electron chi connectivity index (χ3n) is 3.92. The minimum absolute atomic E-state index is 0.0326. The fourth-order valence-electron chi connectivity index (χ4n) is 2.59. The van der Waals surface area contributed by atoms with Crippen LogP contribution in [0.25, 0.3) is 6.08 Å². The van der Waals surface area contributed by atoms with E-state index in [0.29, 0.717) is 26.2 Å². The largest absolute Gasteiger partial charge is 0.545 e. The van der Waals surface area contributed by atoms with Gasteiger partial charge in [0.25, 0.3) is 5.91 Å². The number of nitrogens with zero attached hydrogens (tertiary/aromatic N) is 1. The van der Waals surface area contributed by atoms with Crippen molar-refractivity contribution in [1.82, 2.24) is 0 Å².